The van der Waals surface area contributed by atoms with Crippen LogP contribution in [0.25, 0.3) is 0 Å². The first-order valence-electron chi connectivity index (χ1n) is 8.70. The quantitative estimate of drug-likeness (QED) is 0.675. The molecule has 27 heavy (non-hydrogen) atoms. The van der Waals surface area contributed by atoms with E-state index in [9.17, 15) is 23.2 Å². The van der Waals surface area contributed by atoms with Gasteiger partial charge in [0.05, 0.1) is 0 Å². The van der Waals surface area contributed by atoms with Gasteiger partial charge in [-0.3, -0.25) is 14.5 Å². The molecule has 4 amide bonds. The van der Waals surface area contributed by atoms with Gasteiger partial charge < -0.3 is 15.4 Å². The summed E-state index contributed by atoms with van der Waals surface area (Å²) in [4.78, 5) is 38.0. The van der Waals surface area contributed by atoms with Crippen LogP contribution in [0.5, 0.6) is 5.75 Å². The zero-order chi connectivity index (χ0) is 20.2. The molecule has 0 saturated carbocycles. The molecule has 2 N–H and O–H groups in total. The first kappa shape index (κ1) is 20.6. The highest BCUT2D eigenvalue weighted by atomic mass is 19.3. The van der Waals surface area contributed by atoms with E-state index in [1.165, 1.54) is 31.2 Å². The molecule has 0 spiro atoms. The van der Waals surface area contributed by atoms with Crippen molar-refractivity contribution in [2.75, 3.05) is 6.54 Å². The second kappa shape index (κ2) is 8.32. The molecule has 1 fully saturated rings. The zero-order valence-electron chi connectivity index (χ0n) is 15.4. The molecule has 1 saturated heterocycles. The van der Waals surface area contributed by atoms with Crippen molar-refractivity contribution < 1.29 is 27.9 Å². The number of alkyl halides is 2. The molecule has 0 aromatic heterocycles. The number of hydrogen-bond donors (Lipinski definition) is 2. The van der Waals surface area contributed by atoms with Gasteiger partial charge >= 0.3 is 12.6 Å². The Hall–Kier alpha value is -2.71. The second-order valence-corrected chi connectivity index (χ2v) is 6.43. The average molecular weight is 383 g/mol. The van der Waals surface area contributed by atoms with E-state index < -0.39 is 30.0 Å². The molecule has 7 nitrogen and oxygen atoms in total. The van der Waals surface area contributed by atoms with Gasteiger partial charge in [-0.1, -0.05) is 26.0 Å². The Morgan fingerprint density at radius 1 is 1.22 bits per heavy atom. The fourth-order valence-corrected chi connectivity index (χ4v) is 2.92. The normalized spacial score (nSPS) is 19.6. The summed E-state index contributed by atoms with van der Waals surface area (Å²) in [5.41, 5.74) is -0.999. The molecule has 0 radical (unpaired) electrons. The first-order valence-corrected chi connectivity index (χ1v) is 8.70. The molecule has 0 unspecified atom stereocenters. The maximum atomic E-state index is 12.8. The summed E-state index contributed by atoms with van der Waals surface area (Å²) in [6.45, 7) is 2.02. The number of imide groups is 1. The van der Waals surface area contributed by atoms with Crippen LogP contribution >= 0.6 is 0 Å². The van der Waals surface area contributed by atoms with Crippen molar-refractivity contribution in [1.82, 2.24) is 15.5 Å². The monoisotopic (exact) mass is 383 g/mol. The van der Waals surface area contributed by atoms with Crippen molar-refractivity contribution in [2.45, 2.75) is 51.8 Å². The Bertz CT molecular complexity index is 707. The van der Waals surface area contributed by atoms with Crippen LogP contribution in [0.3, 0.4) is 0 Å². The number of urea groups is 1. The van der Waals surface area contributed by atoms with Crippen molar-refractivity contribution in [2.24, 2.45) is 0 Å². The smallest absolute Gasteiger partial charge is 0.387 e. The van der Waals surface area contributed by atoms with E-state index in [-0.39, 0.29) is 18.3 Å². The van der Waals surface area contributed by atoms with Crippen LogP contribution in [-0.2, 0) is 15.1 Å². The molecule has 148 valence electrons. The largest absolute Gasteiger partial charge is 0.435 e. The number of amides is 4. The van der Waals surface area contributed by atoms with E-state index in [4.69, 9.17) is 0 Å². The molecule has 1 heterocycles. The van der Waals surface area contributed by atoms with Gasteiger partial charge in [0.2, 0.25) is 5.91 Å². The van der Waals surface area contributed by atoms with Gasteiger partial charge in [0.15, 0.2) is 0 Å². The van der Waals surface area contributed by atoms with E-state index in [0.717, 1.165) is 17.7 Å². The molecule has 1 aromatic rings. The number of nitrogens with zero attached hydrogens (tertiary/aromatic N) is 1. The van der Waals surface area contributed by atoms with E-state index >= 15 is 0 Å². The van der Waals surface area contributed by atoms with E-state index in [1.807, 2.05) is 13.8 Å². The lowest BCUT2D eigenvalue weighted by molar-refractivity contribution is -0.135. The standard InChI is InChI=1S/C18H23F2N3O4/c1-4-12(5-2)21-14(24)10-23-15(25)18(3,22-17(23)26)11-6-8-13(9-7-11)27-16(19)20/h6-9,12,16H,4-5,10H2,1-3H3,(H,21,24)(H,22,26)/t18-/m1/s1. The minimum atomic E-state index is -2.96. The maximum absolute atomic E-state index is 12.8. The zero-order valence-corrected chi connectivity index (χ0v) is 15.4. The van der Waals surface area contributed by atoms with Crippen molar-refractivity contribution in [3.8, 4) is 5.75 Å². The Balaban J connectivity index is 2.12. The predicted octanol–water partition coefficient (Wildman–Crippen LogP) is 2.36. The van der Waals surface area contributed by atoms with Gasteiger partial charge in [-0.05, 0) is 37.5 Å². The molecule has 0 aliphatic carbocycles. The summed E-state index contributed by atoms with van der Waals surface area (Å²) in [6, 6.07) is 4.71. The number of carbonyl (C=O) groups is 3. The third-order valence-electron chi connectivity index (χ3n) is 4.58. The molecule has 0 bridgehead atoms. The third-order valence-corrected chi connectivity index (χ3v) is 4.58. The van der Waals surface area contributed by atoms with Gasteiger partial charge in [0.1, 0.15) is 17.8 Å². The maximum Gasteiger partial charge on any atom is 0.387 e. The highest BCUT2D eigenvalue weighted by molar-refractivity contribution is 6.09. The van der Waals surface area contributed by atoms with Crippen LogP contribution in [0.2, 0.25) is 0 Å². The molecule has 1 aliphatic rings. The van der Waals surface area contributed by atoms with Crippen molar-refractivity contribution >= 4 is 17.8 Å². The number of benzene rings is 1. The summed E-state index contributed by atoms with van der Waals surface area (Å²) in [5, 5.41) is 5.34. The van der Waals surface area contributed by atoms with Gasteiger partial charge in [-0.25, -0.2) is 4.79 Å². The minimum absolute atomic E-state index is 0.0213. The van der Waals surface area contributed by atoms with Crippen LogP contribution in [0.1, 0.15) is 39.2 Å². The van der Waals surface area contributed by atoms with E-state index in [1.54, 1.807) is 0 Å². The van der Waals surface area contributed by atoms with Crippen LogP contribution in [0.4, 0.5) is 13.6 Å². The van der Waals surface area contributed by atoms with Crippen molar-refractivity contribution in [3.05, 3.63) is 29.8 Å². The number of rotatable bonds is 8. The highest BCUT2D eigenvalue weighted by Crippen LogP contribution is 2.30. The number of ether oxygens (including phenoxy) is 1. The lowest BCUT2D eigenvalue weighted by Gasteiger charge is -2.22. The molecular formula is C18H23F2N3O4. The molecule has 2 rings (SSSR count). The Kier molecular flexibility index (Phi) is 6.35. The van der Waals surface area contributed by atoms with Gasteiger partial charge in [0.25, 0.3) is 5.91 Å². The molecule has 9 heteroatoms. The van der Waals surface area contributed by atoms with E-state index in [2.05, 4.69) is 15.4 Å². The number of hydrogen-bond acceptors (Lipinski definition) is 4. The molecule has 1 atom stereocenters. The summed E-state index contributed by atoms with van der Waals surface area (Å²) < 4.78 is 28.8. The lowest BCUT2D eigenvalue weighted by Crippen LogP contribution is -2.45. The van der Waals surface area contributed by atoms with Crippen molar-refractivity contribution in [3.63, 3.8) is 0 Å². The third kappa shape index (κ3) is 4.53. The highest BCUT2D eigenvalue weighted by Gasteiger charge is 2.49. The topological polar surface area (TPSA) is 87.7 Å². The van der Waals surface area contributed by atoms with Gasteiger partial charge in [0, 0.05) is 6.04 Å². The van der Waals surface area contributed by atoms with Crippen LogP contribution in [0, 0.1) is 0 Å². The van der Waals surface area contributed by atoms with E-state index in [0.29, 0.717) is 5.56 Å². The summed E-state index contributed by atoms with van der Waals surface area (Å²) in [5.74, 6) is -1.07. The average Bonchev–Trinajstić information content (AvgIpc) is 2.83. The minimum Gasteiger partial charge on any atom is -0.435 e. The molecule has 1 aliphatic heterocycles. The van der Waals surface area contributed by atoms with Crippen LogP contribution < -0.4 is 15.4 Å². The summed E-state index contributed by atoms with van der Waals surface area (Å²) >= 11 is 0. The molecule has 1 aromatic carbocycles. The number of nitrogens with one attached hydrogen (secondary N) is 2. The predicted molar refractivity (Wildman–Crippen MR) is 93.2 cm³/mol. The van der Waals surface area contributed by atoms with Gasteiger partial charge in [-0.15, -0.1) is 0 Å². The lowest BCUT2D eigenvalue weighted by atomic mass is 9.92. The first-order chi connectivity index (χ1) is 12.7. The number of halogens is 2. The SMILES string of the molecule is CCC(CC)NC(=O)CN1C(=O)N[C@](C)(c2ccc(OC(F)F)cc2)C1=O. The fraction of sp³-hybridized carbons (Fsp3) is 0.500. The Labute approximate surface area is 156 Å². The molecular weight excluding hydrogens is 360 g/mol. The second-order valence-electron chi connectivity index (χ2n) is 6.43. The Morgan fingerprint density at radius 3 is 2.33 bits per heavy atom. The fourth-order valence-electron chi connectivity index (χ4n) is 2.92. The van der Waals surface area contributed by atoms with Gasteiger partial charge in [-0.2, -0.15) is 8.78 Å². The summed E-state index contributed by atoms with van der Waals surface area (Å²) in [6.07, 6.45) is 1.49. The van der Waals surface area contributed by atoms with Crippen LogP contribution in [-0.4, -0.2) is 41.9 Å². The van der Waals surface area contributed by atoms with Crippen LogP contribution in [0.15, 0.2) is 24.3 Å². The van der Waals surface area contributed by atoms with Crippen molar-refractivity contribution in [1.29, 1.82) is 0 Å². The Morgan fingerprint density at radius 2 is 1.81 bits per heavy atom. The summed E-state index contributed by atoms with van der Waals surface area (Å²) in [7, 11) is 0. The number of carbonyl (C=O) groups excluding carboxylic acids is 3.